The lowest BCUT2D eigenvalue weighted by molar-refractivity contribution is -0.156. The first-order chi connectivity index (χ1) is 13.3. The molecule has 28 heavy (non-hydrogen) atoms. The van der Waals surface area contributed by atoms with Crippen molar-refractivity contribution in [1.82, 2.24) is 0 Å². The monoisotopic (exact) mass is 390 g/mol. The molecular weight excluding hydrogens is 364 g/mol. The molecule has 0 aromatic heterocycles. The van der Waals surface area contributed by atoms with Crippen LogP contribution < -0.4 is 0 Å². The van der Waals surface area contributed by atoms with Crippen LogP contribution in [0.25, 0.3) is 0 Å². The fourth-order valence-electron chi connectivity index (χ4n) is 3.34. The second-order valence-electron chi connectivity index (χ2n) is 6.79. The number of aliphatic hydroxyl groups is 1. The van der Waals surface area contributed by atoms with Gasteiger partial charge in [-0.3, -0.25) is 4.79 Å². The predicted octanol–water partition coefficient (Wildman–Crippen LogP) is 1.81. The molecule has 1 fully saturated rings. The molecule has 2 rings (SSSR count). The molecule has 0 bridgehead atoms. The van der Waals surface area contributed by atoms with E-state index in [9.17, 15) is 19.5 Å². The topological polar surface area (TPSA) is 99.1 Å². The highest BCUT2D eigenvalue weighted by Gasteiger charge is 2.48. The first kappa shape index (κ1) is 21.8. The maximum atomic E-state index is 12.3. The summed E-state index contributed by atoms with van der Waals surface area (Å²) in [7, 11) is 0. The van der Waals surface area contributed by atoms with Gasteiger partial charge in [0.2, 0.25) is 0 Å². The van der Waals surface area contributed by atoms with Crippen molar-refractivity contribution in [2.75, 3.05) is 13.2 Å². The Morgan fingerprint density at radius 1 is 1.46 bits per heavy atom. The van der Waals surface area contributed by atoms with Gasteiger partial charge in [0, 0.05) is 23.3 Å². The molecule has 1 unspecified atom stereocenters. The van der Waals surface area contributed by atoms with E-state index in [4.69, 9.17) is 14.2 Å². The van der Waals surface area contributed by atoms with Crippen molar-refractivity contribution in [2.24, 2.45) is 5.92 Å². The number of allylic oxidation sites excluding steroid dienone is 1. The molecule has 0 amide bonds. The molecule has 2 aliphatic rings. The van der Waals surface area contributed by atoms with Crippen LogP contribution in [0.15, 0.2) is 47.6 Å². The zero-order valence-electron chi connectivity index (χ0n) is 16.2. The SMILES string of the molecule is C=C(C)C(=O)OC1[C@H]2C(=C)C(=O)O[C@@H]2/C=C(/CO)CC/C=C(/C=O)[C@@H]1OCC. The molecule has 1 aliphatic carbocycles. The van der Waals surface area contributed by atoms with E-state index in [1.807, 2.05) is 0 Å². The molecule has 0 aromatic rings. The van der Waals surface area contributed by atoms with Gasteiger partial charge in [0.05, 0.1) is 12.5 Å². The largest absolute Gasteiger partial charge is 0.455 e. The highest BCUT2D eigenvalue weighted by molar-refractivity contribution is 5.92. The highest BCUT2D eigenvalue weighted by Crippen LogP contribution is 2.37. The third-order valence-corrected chi connectivity index (χ3v) is 4.76. The van der Waals surface area contributed by atoms with E-state index >= 15 is 0 Å². The number of hydrogen-bond donors (Lipinski definition) is 1. The molecule has 152 valence electrons. The Balaban J connectivity index is 2.61. The molecule has 7 heteroatoms. The quantitative estimate of drug-likeness (QED) is 0.320. The Bertz CT molecular complexity index is 731. The number of aldehydes is 1. The lowest BCUT2D eigenvalue weighted by Crippen LogP contribution is -2.44. The van der Waals surface area contributed by atoms with Crippen LogP contribution in [0.4, 0.5) is 0 Å². The van der Waals surface area contributed by atoms with E-state index in [0.717, 1.165) is 0 Å². The number of ether oxygens (including phenoxy) is 3. The van der Waals surface area contributed by atoms with Crippen LogP contribution in [0.1, 0.15) is 26.7 Å². The normalized spacial score (nSPS) is 31.5. The molecule has 1 N–H and O–H groups in total. The summed E-state index contributed by atoms with van der Waals surface area (Å²) >= 11 is 0. The van der Waals surface area contributed by atoms with Gasteiger partial charge in [-0.15, -0.1) is 0 Å². The van der Waals surface area contributed by atoms with E-state index in [1.54, 1.807) is 19.1 Å². The van der Waals surface area contributed by atoms with Gasteiger partial charge in [-0.05, 0) is 38.3 Å². The van der Waals surface area contributed by atoms with Crippen molar-refractivity contribution in [3.8, 4) is 0 Å². The minimum absolute atomic E-state index is 0.119. The van der Waals surface area contributed by atoms with Crippen molar-refractivity contribution < 1.29 is 33.7 Å². The summed E-state index contributed by atoms with van der Waals surface area (Å²) in [6.07, 6.45) is 2.24. The van der Waals surface area contributed by atoms with Gasteiger partial charge >= 0.3 is 11.9 Å². The smallest absolute Gasteiger partial charge is 0.334 e. The summed E-state index contributed by atoms with van der Waals surface area (Å²) < 4.78 is 16.8. The summed E-state index contributed by atoms with van der Waals surface area (Å²) in [5.74, 6) is -2.06. The molecule has 0 aromatic carbocycles. The van der Waals surface area contributed by atoms with E-state index in [-0.39, 0.29) is 24.4 Å². The number of rotatable bonds is 6. The van der Waals surface area contributed by atoms with Crippen LogP contribution in [0.5, 0.6) is 0 Å². The minimum Gasteiger partial charge on any atom is -0.455 e. The van der Waals surface area contributed by atoms with Crippen molar-refractivity contribution in [3.63, 3.8) is 0 Å². The van der Waals surface area contributed by atoms with E-state index in [0.29, 0.717) is 30.3 Å². The lowest BCUT2D eigenvalue weighted by atomic mass is 9.83. The minimum atomic E-state index is -1.03. The predicted molar refractivity (Wildman–Crippen MR) is 101 cm³/mol. The van der Waals surface area contributed by atoms with Crippen LogP contribution in [0.2, 0.25) is 0 Å². The molecule has 4 atom stereocenters. The summed E-state index contributed by atoms with van der Waals surface area (Å²) in [4.78, 5) is 36.3. The van der Waals surface area contributed by atoms with Crippen LogP contribution >= 0.6 is 0 Å². The van der Waals surface area contributed by atoms with Crippen LogP contribution in [-0.2, 0) is 28.6 Å². The summed E-state index contributed by atoms with van der Waals surface area (Å²) in [5.41, 5.74) is 1.24. The highest BCUT2D eigenvalue weighted by atomic mass is 16.6. The van der Waals surface area contributed by atoms with Gasteiger partial charge < -0.3 is 19.3 Å². The Labute approximate surface area is 164 Å². The van der Waals surface area contributed by atoms with Crippen LogP contribution in [0.3, 0.4) is 0 Å². The van der Waals surface area contributed by atoms with Crippen LogP contribution in [-0.4, -0.2) is 54.9 Å². The maximum absolute atomic E-state index is 12.3. The zero-order valence-corrected chi connectivity index (χ0v) is 16.2. The number of esters is 2. The molecule has 0 spiro atoms. The molecule has 7 nitrogen and oxygen atoms in total. The Hall–Kier alpha value is -2.51. The van der Waals surface area contributed by atoms with Crippen molar-refractivity contribution >= 4 is 18.2 Å². The van der Waals surface area contributed by atoms with Gasteiger partial charge in [-0.1, -0.05) is 19.2 Å². The van der Waals surface area contributed by atoms with Gasteiger partial charge in [0.15, 0.2) is 0 Å². The van der Waals surface area contributed by atoms with Gasteiger partial charge in [-0.2, -0.15) is 0 Å². The number of carbonyl (C=O) groups excluding carboxylic acids is 3. The fourth-order valence-corrected chi connectivity index (χ4v) is 3.34. The second kappa shape index (κ2) is 9.61. The Morgan fingerprint density at radius 3 is 2.75 bits per heavy atom. The summed E-state index contributed by atoms with van der Waals surface area (Å²) in [6.45, 7) is 10.7. The number of fused-ring (bicyclic) bond motifs is 1. The maximum Gasteiger partial charge on any atom is 0.334 e. The fraction of sp³-hybridized carbons (Fsp3) is 0.476. The van der Waals surface area contributed by atoms with E-state index in [2.05, 4.69) is 13.2 Å². The van der Waals surface area contributed by atoms with E-state index in [1.165, 1.54) is 6.92 Å². The third kappa shape index (κ3) is 4.66. The molecule has 0 saturated carbocycles. The Kier molecular flexibility index (Phi) is 7.48. The number of hydrogen-bond acceptors (Lipinski definition) is 7. The van der Waals surface area contributed by atoms with Gasteiger partial charge in [-0.25, -0.2) is 9.59 Å². The Morgan fingerprint density at radius 2 is 2.18 bits per heavy atom. The average Bonchev–Trinajstić information content (AvgIpc) is 2.94. The lowest BCUT2D eigenvalue weighted by Gasteiger charge is -2.33. The third-order valence-electron chi connectivity index (χ3n) is 4.76. The van der Waals surface area contributed by atoms with E-state index < -0.39 is 36.2 Å². The first-order valence-electron chi connectivity index (χ1n) is 9.17. The van der Waals surface area contributed by atoms with Crippen LogP contribution in [0, 0.1) is 5.92 Å². The average molecular weight is 390 g/mol. The molecule has 0 radical (unpaired) electrons. The number of aliphatic hydroxyl groups excluding tert-OH is 1. The van der Waals surface area contributed by atoms with Crippen molar-refractivity contribution in [2.45, 2.75) is 45.0 Å². The van der Waals surface area contributed by atoms with Crippen molar-refractivity contribution in [1.29, 1.82) is 0 Å². The summed E-state index contributed by atoms with van der Waals surface area (Å²) in [5, 5.41) is 9.62. The molecule has 1 heterocycles. The zero-order chi connectivity index (χ0) is 20.8. The van der Waals surface area contributed by atoms with Gasteiger partial charge in [0.25, 0.3) is 0 Å². The molecule has 1 aliphatic heterocycles. The van der Waals surface area contributed by atoms with Gasteiger partial charge in [0.1, 0.15) is 24.6 Å². The molecule has 1 saturated heterocycles. The standard InChI is InChI=1S/C21H26O7/c1-5-26-18-15(11-23)8-6-7-14(10-22)9-16-17(13(4)21(25)27-16)19(18)28-20(24)12(2)3/h8-9,11,16-19,22H,2,4-7,10H2,1,3H3/b14-9+,15-8-/t16-,17+,18+,19?/m1/s1. The van der Waals surface area contributed by atoms with Crippen molar-refractivity contribution in [3.05, 3.63) is 47.6 Å². The first-order valence-corrected chi connectivity index (χ1v) is 9.17. The summed E-state index contributed by atoms with van der Waals surface area (Å²) in [6, 6.07) is 0. The number of carbonyl (C=O) groups is 3. The molecular formula is C21H26O7. The second-order valence-corrected chi connectivity index (χ2v) is 6.79.